The van der Waals surface area contributed by atoms with Crippen LogP contribution in [-0.4, -0.2) is 33.1 Å². The van der Waals surface area contributed by atoms with E-state index in [9.17, 15) is 19.2 Å². The minimum atomic E-state index is -0.207. The van der Waals surface area contributed by atoms with Gasteiger partial charge in [0.2, 0.25) is 0 Å². The molecule has 0 spiro atoms. The standard InChI is InChI=1S/C52H42N2O4S6/c1-3-5-7-9-15-29-25-41(39-23-21-31(59-39)27-37-43(55)33-17-11-12-18-34(33)44(37)56)61-47(29)49-53-51-52(63-49)54-50(64-51)48-30(16-10-8-6-4-2)26-42(62-48)40-24-22-32(60-40)28-38-45(57)35-19-13-14-20-36(35)46(38)58/h11-14,17-28H,3-10,15-16H2,1-2H3. The lowest BCUT2D eigenvalue weighted by molar-refractivity contribution is 0.0975. The molecule has 0 atom stereocenters. The van der Waals surface area contributed by atoms with Crippen LogP contribution < -0.4 is 0 Å². The van der Waals surface area contributed by atoms with Gasteiger partial charge in [0.15, 0.2) is 32.8 Å². The fourth-order valence-electron chi connectivity index (χ4n) is 8.37. The van der Waals surface area contributed by atoms with Crippen molar-refractivity contribution in [2.75, 3.05) is 0 Å². The number of aromatic nitrogens is 2. The molecule has 2 aliphatic carbocycles. The maximum absolute atomic E-state index is 13.1. The third-order valence-corrected chi connectivity index (χ3v) is 18.9. The second-order valence-corrected chi connectivity index (χ2v) is 22.4. The van der Waals surface area contributed by atoms with Gasteiger partial charge in [-0.25, -0.2) is 9.97 Å². The van der Waals surface area contributed by atoms with Gasteiger partial charge in [-0.05, 0) is 85.4 Å². The summed E-state index contributed by atoms with van der Waals surface area (Å²) in [6.07, 6.45) is 14.8. The Morgan fingerprint density at radius 2 is 0.828 bits per heavy atom. The Morgan fingerprint density at radius 3 is 1.20 bits per heavy atom. The minimum Gasteiger partial charge on any atom is -0.288 e. The van der Waals surface area contributed by atoms with Gasteiger partial charge >= 0.3 is 0 Å². The first-order valence-electron chi connectivity index (χ1n) is 21.8. The first-order valence-corrected chi connectivity index (χ1v) is 26.7. The summed E-state index contributed by atoms with van der Waals surface area (Å²) in [5.74, 6) is -0.826. The third kappa shape index (κ3) is 8.25. The number of allylic oxidation sites excluding steroid dienone is 2. The molecule has 6 nitrogen and oxygen atoms in total. The number of rotatable bonds is 16. The van der Waals surface area contributed by atoms with Crippen LogP contribution in [0.1, 0.15) is 128 Å². The Balaban J connectivity index is 0.934. The van der Waals surface area contributed by atoms with Gasteiger partial charge in [-0.15, -0.1) is 45.3 Å². The number of nitrogens with zero attached hydrogens (tertiary/aromatic N) is 2. The number of aryl methyl sites for hydroxylation is 2. The summed E-state index contributed by atoms with van der Waals surface area (Å²) in [6.45, 7) is 4.47. The van der Waals surface area contributed by atoms with E-state index in [1.54, 1.807) is 129 Å². The molecule has 6 heterocycles. The molecule has 0 N–H and O–H groups in total. The van der Waals surface area contributed by atoms with E-state index in [1.807, 2.05) is 12.1 Å². The summed E-state index contributed by atoms with van der Waals surface area (Å²) in [6, 6.07) is 26.9. The molecule has 12 heteroatoms. The number of ketones is 4. The van der Waals surface area contributed by atoms with Gasteiger partial charge in [0, 0.05) is 51.5 Å². The van der Waals surface area contributed by atoms with Crippen molar-refractivity contribution in [3.8, 4) is 39.3 Å². The normalized spacial score (nSPS) is 13.5. The summed E-state index contributed by atoms with van der Waals surface area (Å²) in [5.41, 5.74) is 4.98. The van der Waals surface area contributed by atoms with E-state index >= 15 is 0 Å². The van der Waals surface area contributed by atoms with Crippen LogP contribution in [-0.2, 0) is 12.8 Å². The van der Waals surface area contributed by atoms with E-state index in [-0.39, 0.29) is 34.3 Å². The lowest BCUT2D eigenvalue weighted by Gasteiger charge is -2.02. The van der Waals surface area contributed by atoms with Crippen molar-refractivity contribution < 1.29 is 19.2 Å². The molecule has 2 aliphatic rings. The van der Waals surface area contributed by atoms with Gasteiger partial charge in [-0.3, -0.25) is 19.2 Å². The highest BCUT2D eigenvalue weighted by Crippen LogP contribution is 2.48. The summed E-state index contributed by atoms with van der Waals surface area (Å²) < 4.78 is 0. The van der Waals surface area contributed by atoms with Crippen molar-refractivity contribution in [2.45, 2.75) is 78.1 Å². The molecule has 0 fully saturated rings. The van der Waals surface area contributed by atoms with Gasteiger partial charge in [-0.2, -0.15) is 0 Å². The number of carbonyl (C=O) groups is 4. The van der Waals surface area contributed by atoms with Crippen molar-refractivity contribution in [1.82, 2.24) is 9.97 Å². The highest BCUT2D eigenvalue weighted by molar-refractivity contribution is 7.33. The lowest BCUT2D eigenvalue weighted by Crippen LogP contribution is -1.99. The monoisotopic (exact) mass is 950 g/mol. The Hall–Kier alpha value is -5.08. The number of thiazole rings is 2. The number of unbranched alkanes of at least 4 members (excludes halogenated alkanes) is 6. The molecule has 0 aliphatic heterocycles. The number of carbonyl (C=O) groups excluding carboxylic acids is 4. The number of benzene rings is 2. The molecule has 320 valence electrons. The Labute approximate surface area is 395 Å². The van der Waals surface area contributed by atoms with Gasteiger partial charge in [0.05, 0.1) is 20.9 Å². The van der Waals surface area contributed by atoms with Crippen molar-refractivity contribution >= 4 is 113 Å². The van der Waals surface area contributed by atoms with Gasteiger partial charge in [0.1, 0.15) is 10.0 Å². The van der Waals surface area contributed by atoms with Crippen LogP contribution in [0.5, 0.6) is 0 Å². The molecule has 0 saturated heterocycles. The molecule has 0 radical (unpaired) electrons. The van der Waals surface area contributed by atoms with Crippen molar-refractivity contribution in [3.05, 3.63) is 139 Å². The van der Waals surface area contributed by atoms with E-state index < -0.39 is 0 Å². The predicted molar refractivity (Wildman–Crippen MR) is 270 cm³/mol. The zero-order chi connectivity index (χ0) is 43.9. The molecule has 0 saturated carbocycles. The number of hydrogen-bond donors (Lipinski definition) is 0. The second-order valence-electron chi connectivity index (χ2n) is 16.1. The van der Waals surface area contributed by atoms with Crippen LogP contribution in [0.4, 0.5) is 0 Å². The van der Waals surface area contributed by atoms with Crippen molar-refractivity contribution in [1.29, 1.82) is 0 Å². The molecule has 0 bridgehead atoms. The molecule has 0 amide bonds. The summed E-state index contributed by atoms with van der Waals surface area (Å²) >= 11 is 10.1. The van der Waals surface area contributed by atoms with Gasteiger partial charge in [0.25, 0.3) is 0 Å². The maximum atomic E-state index is 13.1. The van der Waals surface area contributed by atoms with E-state index in [4.69, 9.17) is 9.97 Å². The van der Waals surface area contributed by atoms with Crippen LogP contribution >= 0.6 is 68.0 Å². The van der Waals surface area contributed by atoms with Crippen LogP contribution in [0.2, 0.25) is 0 Å². The van der Waals surface area contributed by atoms with Gasteiger partial charge in [-0.1, -0.05) is 124 Å². The first-order chi connectivity index (χ1) is 31.3. The van der Waals surface area contributed by atoms with Crippen molar-refractivity contribution in [2.24, 2.45) is 0 Å². The minimum absolute atomic E-state index is 0.207. The van der Waals surface area contributed by atoms with Crippen LogP contribution in [0.3, 0.4) is 0 Å². The molecule has 64 heavy (non-hydrogen) atoms. The zero-order valence-corrected chi connectivity index (χ0v) is 40.2. The number of Topliss-reactive ketones (excluding diaryl/α,β-unsaturated/α-hetero) is 4. The fraction of sp³-hybridized carbons (Fsp3) is 0.231. The fourth-order valence-corrected chi connectivity index (χ4v) is 15.1. The Morgan fingerprint density at radius 1 is 0.438 bits per heavy atom. The summed E-state index contributed by atoms with van der Waals surface area (Å²) in [5, 5.41) is 1.99. The highest BCUT2D eigenvalue weighted by atomic mass is 32.1. The Bertz CT molecular complexity index is 2880. The molecule has 0 unspecified atom stereocenters. The van der Waals surface area contributed by atoms with E-state index in [1.165, 1.54) is 59.4 Å². The van der Waals surface area contributed by atoms with Crippen molar-refractivity contribution in [3.63, 3.8) is 0 Å². The summed E-state index contributed by atoms with van der Waals surface area (Å²) in [4.78, 5) is 73.6. The maximum Gasteiger partial charge on any atom is 0.197 e. The lowest BCUT2D eigenvalue weighted by atomic mass is 10.1. The van der Waals surface area contributed by atoms with Crippen LogP contribution in [0.15, 0.2) is 96.1 Å². The number of thiophene rings is 4. The molecular formula is C52H42N2O4S6. The average Bonchev–Trinajstić information content (AvgIpc) is 4.18. The highest BCUT2D eigenvalue weighted by Gasteiger charge is 2.34. The van der Waals surface area contributed by atoms with E-state index in [2.05, 4.69) is 38.1 Å². The zero-order valence-electron chi connectivity index (χ0n) is 35.3. The van der Waals surface area contributed by atoms with Crippen LogP contribution in [0.25, 0.3) is 61.1 Å². The van der Waals surface area contributed by atoms with Gasteiger partial charge < -0.3 is 0 Å². The smallest absolute Gasteiger partial charge is 0.197 e. The molecular weight excluding hydrogens is 909 g/mol. The second kappa shape index (κ2) is 18.4. The largest absolute Gasteiger partial charge is 0.288 e. The number of fused-ring (bicyclic) bond motifs is 3. The average molecular weight is 951 g/mol. The quantitative estimate of drug-likeness (QED) is 0.0544. The molecule has 8 aromatic rings. The number of hydrogen-bond acceptors (Lipinski definition) is 12. The van der Waals surface area contributed by atoms with E-state index in [0.29, 0.717) is 22.3 Å². The molecule has 6 aromatic heterocycles. The first kappa shape index (κ1) is 42.8. The predicted octanol–water partition coefficient (Wildman–Crippen LogP) is 15.8. The van der Waals surface area contributed by atoms with Crippen LogP contribution in [0, 0.1) is 0 Å². The Kier molecular flexibility index (Phi) is 12.3. The van der Waals surface area contributed by atoms with E-state index in [0.717, 1.165) is 74.6 Å². The molecule has 2 aromatic carbocycles. The SMILES string of the molecule is CCCCCCc1cc(-c2ccc(C=C3C(=O)c4ccccc4C3=O)s2)sc1-c1nc2sc(-c3sc(-c4ccc(C=C5C(=O)c6ccccc6C5=O)s4)cc3CCCCCC)nc2s1. The molecule has 10 rings (SSSR count). The third-order valence-electron chi connectivity index (χ3n) is 11.7. The topological polar surface area (TPSA) is 94.1 Å². The summed E-state index contributed by atoms with van der Waals surface area (Å²) in [7, 11) is 0.